The molecule has 5 heteroatoms. The number of pyridine rings is 1. The fourth-order valence-corrected chi connectivity index (χ4v) is 3.96. The first-order chi connectivity index (χ1) is 14.0. The zero-order valence-electron chi connectivity index (χ0n) is 16.7. The molecule has 0 aliphatic heterocycles. The predicted molar refractivity (Wildman–Crippen MR) is 113 cm³/mol. The topological polar surface area (TPSA) is 67.9 Å². The SMILES string of the molecule is CCOC(=O)Cn1c(C)c(-c2ccnc3c(C#N)cccc23)c2cc(C)ccc21. The molecule has 0 atom stereocenters. The van der Waals surface area contributed by atoms with Crippen LogP contribution in [0.3, 0.4) is 0 Å². The van der Waals surface area contributed by atoms with Gasteiger partial charge in [0.05, 0.1) is 17.7 Å². The minimum Gasteiger partial charge on any atom is -0.465 e. The number of benzene rings is 2. The second kappa shape index (κ2) is 7.40. The van der Waals surface area contributed by atoms with E-state index in [0.29, 0.717) is 17.7 Å². The Morgan fingerprint density at radius 3 is 2.76 bits per heavy atom. The number of esters is 1. The van der Waals surface area contributed by atoms with Gasteiger partial charge in [0.2, 0.25) is 0 Å². The summed E-state index contributed by atoms with van der Waals surface area (Å²) in [6.07, 6.45) is 1.74. The summed E-state index contributed by atoms with van der Waals surface area (Å²) in [5.41, 5.74) is 6.40. The average molecular weight is 383 g/mol. The molecule has 0 bridgehead atoms. The Morgan fingerprint density at radius 2 is 2.00 bits per heavy atom. The van der Waals surface area contributed by atoms with Crippen molar-refractivity contribution in [1.29, 1.82) is 5.26 Å². The van der Waals surface area contributed by atoms with Crippen LogP contribution in [0, 0.1) is 25.2 Å². The molecule has 0 saturated heterocycles. The van der Waals surface area contributed by atoms with Crippen LogP contribution >= 0.6 is 0 Å². The van der Waals surface area contributed by atoms with Gasteiger partial charge in [-0.05, 0) is 50.6 Å². The highest BCUT2D eigenvalue weighted by molar-refractivity contribution is 6.07. The molecular formula is C24H21N3O2. The molecule has 144 valence electrons. The van der Waals surface area contributed by atoms with E-state index in [-0.39, 0.29) is 12.5 Å². The van der Waals surface area contributed by atoms with Gasteiger partial charge in [0.25, 0.3) is 0 Å². The number of para-hydroxylation sites is 1. The molecular weight excluding hydrogens is 362 g/mol. The molecule has 0 N–H and O–H groups in total. The number of nitriles is 1. The average Bonchev–Trinajstić information content (AvgIpc) is 2.98. The molecule has 0 radical (unpaired) electrons. The number of aromatic nitrogens is 2. The van der Waals surface area contributed by atoms with Crippen LogP contribution in [0.25, 0.3) is 32.9 Å². The number of carbonyl (C=O) groups is 1. The number of aryl methyl sites for hydroxylation is 1. The molecule has 29 heavy (non-hydrogen) atoms. The fourth-order valence-electron chi connectivity index (χ4n) is 3.96. The van der Waals surface area contributed by atoms with Crippen molar-refractivity contribution in [3.63, 3.8) is 0 Å². The van der Waals surface area contributed by atoms with Crippen molar-refractivity contribution >= 4 is 27.8 Å². The summed E-state index contributed by atoms with van der Waals surface area (Å²) in [6.45, 7) is 6.40. The van der Waals surface area contributed by atoms with E-state index in [2.05, 4.69) is 24.0 Å². The number of fused-ring (bicyclic) bond motifs is 2. The van der Waals surface area contributed by atoms with Gasteiger partial charge in [0.1, 0.15) is 12.6 Å². The molecule has 0 aliphatic rings. The van der Waals surface area contributed by atoms with E-state index in [9.17, 15) is 10.1 Å². The van der Waals surface area contributed by atoms with E-state index < -0.39 is 0 Å². The van der Waals surface area contributed by atoms with Crippen LogP contribution in [0.1, 0.15) is 23.7 Å². The zero-order valence-corrected chi connectivity index (χ0v) is 16.7. The van der Waals surface area contributed by atoms with Gasteiger partial charge in [0, 0.05) is 33.7 Å². The number of ether oxygens (including phenoxy) is 1. The van der Waals surface area contributed by atoms with Gasteiger partial charge in [-0.25, -0.2) is 0 Å². The second-order valence-electron chi connectivity index (χ2n) is 7.04. The lowest BCUT2D eigenvalue weighted by molar-refractivity contribution is -0.143. The van der Waals surface area contributed by atoms with Crippen LogP contribution in [-0.4, -0.2) is 22.1 Å². The van der Waals surface area contributed by atoms with Gasteiger partial charge in [-0.3, -0.25) is 9.78 Å². The van der Waals surface area contributed by atoms with Crippen molar-refractivity contribution in [2.75, 3.05) is 6.61 Å². The molecule has 0 aliphatic carbocycles. The number of carbonyl (C=O) groups excluding carboxylic acids is 1. The second-order valence-corrected chi connectivity index (χ2v) is 7.04. The Hall–Kier alpha value is -3.65. The number of hydrogen-bond donors (Lipinski definition) is 0. The van der Waals surface area contributed by atoms with Crippen molar-refractivity contribution in [2.45, 2.75) is 27.3 Å². The maximum absolute atomic E-state index is 12.2. The molecule has 2 heterocycles. The Labute approximate surface area is 169 Å². The third-order valence-electron chi connectivity index (χ3n) is 5.23. The van der Waals surface area contributed by atoms with E-state index in [1.165, 1.54) is 0 Å². The third kappa shape index (κ3) is 3.13. The predicted octanol–water partition coefficient (Wildman–Crippen LogP) is 4.91. The Balaban J connectivity index is 2.04. The third-order valence-corrected chi connectivity index (χ3v) is 5.23. The number of rotatable bonds is 4. The smallest absolute Gasteiger partial charge is 0.325 e. The van der Waals surface area contributed by atoms with Crippen molar-refractivity contribution in [3.8, 4) is 17.2 Å². The highest BCUT2D eigenvalue weighted by Crippen LogP contribution is 2.38. The van der Waals surface area contributed by atoms with Crippen LogP contribution in [0.15, 0.2) is 48.7 Å². The lowest BCUT2D eigenvalue weighted by Gasteiger charge is -2.10. The molecule has 0 amide bonds. The first kappa shape index (κ1) is 18.7. The lowest BCUT2D eigenvalue weighted by Crippen LogP contribution is -2.14. The summed E-state index contributed by atoms with van der Waals surface area (Å²) < 4.78 is 7.19. The molecule has 0 unspecified atom stereocenters. The highest BCUT2D eigenvalue weighted by atomic mass is 16.5. The van der Waals surface area contributed by atoms with Crippen LogP contribution in [0.4, 0.5) is 0 Å². The van der Waals surface area contributed by atoms with Crippen molar-refractivity contribution < 1.29 is 9.53 Å². The van der Waals surface area contributed by atoms with E-state index in [4.69, 9.17) is 4.74 Å². The van der Waals surface area contributed by atoms with Crippen LogP contribution in [0.2, 0.25) is 0 Å². The Morgan fingerprint density at radius 1 is 1.17 bits per heavy atom. The summed E-state index contributed by atoms with van der Waals surface area (Å²) in [7, 11) is 0. The molecule has 4 rings (SSSR count). The van der Waals surface area contributed by atoms with E-state index in [1.807, 2.05) is 48.7 Å². The van der Waals surface area contributed by atoms with Crippen molar-refractivity contribution in [1.82, 2.24) is 9.55 Å². The van der Waals surface area contributed by atoms with Gasteiger partial charge >= 0.3 is 5.97 Å². The Bertz CT molecular complexity index is 1300. The van der Waals surface area contributed by atoms with E-state index in [1.54, 1.807) is 12.3 Å². The van der Waals surface area contributed by atoms with Gasteiger partial charge < -0.3 is 9.30 Å². The first-order valence-corrected chi connectivity index (χ1v) is 9.58. The summed E-state index contributed by atoms with van der Waals surface area (Å²) in [4.78, 5) is 16.7. The summed E-state index contributed by atoms with van der Waals surface area (Å²) in [6, 6.07) is 16.1. The normalized spacial score (nSPS) is 11.0. The van der Waals surface area contributed by atoms with Gasteiger partial charge in [-0.1, -0.05) is 23.8 Å². The largest absolute Gasteiger partial charge is 0.465 e. The number of nitrogens with zero attached hydrogens (tertiary/aromatic N) is 3. The highest BCUT2D eigenvalue weighted by Gasteiger charge is 2.20. The lowest BCUT2D eigenvalue weighted by atomic mass is 9.97. The first-order valence-electron chi connectivity index (χ1n) is 9.58. The molecule has 4 aromatic rings. The molecule has 0 spiro atoms. The van der Waals surface area contributed by atoms with E-state index in [0.717, 1.165) is 38.7 Å². The van der Waals surface area contributed by atoms with Crippen LogP contribution in [-0.2, 0) is 16.1 Å². The molecule has 0 fully saturated rings. The molecule has 2 aromatic heterocycles. The standard InChI is InChI=1S/C24H21N3O2/c1-4-29-22(28)14-27-16(3)23(20-12-15(2)8-9-21(20)27)18-10-11-26-24-17(13-25)6-5-7-19(18)24/h5-12H,4,14H2,1-3H3. The van der Waals surface area contributed by atoms with Crippen molar-refractivity contribution in [3.05, 3.63) is 65.5 Å². The Kier molecular flexibility index (Phi) is 4.77. The van der Waals surface area contributed by atoms with Gasteiger partial charge in [-0.2, -0.15) is 5.26 Å². The molecule has 5 nitrogen and oxygen atoms in total. The summed E-state index contributed by atoms with van der Waals surface area (Å²) >= 11 is 0. The fraction of sp³-hybridized carbons (Fsp3) is 0.208. The quantitative estimate of drug-likeness (QED) is 0.470. The summed E-state index contributed by atoms with van der Waals surface area (Å²) in [5.74, 6) is -0.258. The maximum atomic E-state index is 12.2. The van der Waals surface area contributed by atoms with Gasteiger partial charge in [-0.15, -0.1) is 0 Å². The van der Waals surface area contributed by atoms with Crippen LogP contribution < -0.4 is 0 Å². The van der Waals surface area contributed by atoms with Crippen LogP contribution in [0.5, 0.6) is 0 Å². The minimum absolute atomic E-state index is 0.158. The summed E-state index contributed by atoms with van der Waals surface area (Å²) in [5, 5.41) is 11.5. The van der Waals surface area contributed by atoms with Crippen molar-refractivity contribution in [2.24, 2.45) is 0 Å². The number of hydrogen-bond acceptors (Lipinski definition) is 4. The van der Waals surface area contributed by atoms with Gasteiger partial charge in [0.15, 0.2) is 0 Å². The van der Waals surface area contributed by atoms with E-state index >= 15 is 0 Å². The molecule has 0 saturated carbocycles. The maximum Gasteiger partial charge on any atom is 0.325 e. The minimum atomic E-state index is -0.258. The molecule has 2 aromatic carbocycles. The monoisotopic (exact) mass is 383 g/mol. The zero-order chi connectivity index (χ0) is 20.5.